The number of methoxy groups -OCH3 is 2. The Labute approximate surface area is 172 Å². The lowest BCUT2D eigenvalue weighted by Gasteiger charge is -2.38. The van der Waals surface area contributed by atoms with Gasteiger partial charge in [-0.15, -0.1) is 0 Å². The molecule has 2 aromatic carbocycles. The molecule has 0 bridgehead atoms. The maximum Gasteiger partial charge on any atom is 0.306 e. The van der Waals surface area contributed by atoms with Crippen LogP contribution >= 0.6 is 0 Å². The molecular weight excluding hydrogens is 370 g/mol. The molecule has 1 unspecified atom stereocenters. The molecular formula is C23H29NO5. The smallest absolute Gasteiger partial charge is 0.306 e. The lowest BCUT2D eigenvalue weighted by molar-refractivity contribution is -0.143. The number of rotatable bonds is 8. The van der Waals surface area contributed by atoms with E-state index in [1.54, 1.807) is 14.2 Å². The molecule has 6 nitrogen and oxygen atoms in total. The van der Waals surface area contributed by atoms with Crippen molar-refractivity contribution in [3.8, 4) is 17.2 Å². The number of carboxylic acid groups (broad SMARTS) is 1. The summed E-state index contributed by atoms with van der Waals surface area (Å²) >= 11 is 0. The quantitative estimate of drug-likeness (QED) is 0.724. The molecule has 2 aromatic rings. The highest BCUT2D eigenvalue weighted by Gasteiger charge is 2.34. The highest BCUT2D eigenvalue weighted by molar-refractivity contribution is 5.70. The monoisotopic (exact) mass is 399 g/mol. The highest BCUT2D eigenvalue weighted by Crippen LogP contribution is 2.44. The van der Waals surface area contributed by atoms with Crippen LogP contribution in [0.2, 0.25) is 0 Å². The van der Waals surface area contributed by atoms with Gasteiger partial charge in [0.2, 0.25) is 0 Å². The fourth-order valence-corrected chi connectivity index (χ4v) is 4.08. The van der Waals surface area contributed by atoms with Gasteiger partial charge in [-0.3, -0.25) is 9.69 Å². The highest BCUT2D eigenvalue weighted by atomic mass is 16.5. The van der Waals surface area contributed by atoms with Crippen molar-refractivity contribution in [3.05, 3.63) is 53.6 Å². The summed E-state index contributed by atoms with van der Waals surface area (Å²) in [6.07, 6.45) is 1.22. The molecule has 29 heavy (non-hydrogen) atoms. The van der Waals surface area contributed by atoms with Gasteiger partial charge in [0.25, 0.3) is 0 Å². The fourth-order valence-electron chi connectivity index (χ4n) is 4.08. The minimum absolute atomic E-state index is 0.168. The van der Waals surface area contributed by atoms with Gasteiger partial charge >= 0.3 is 5.97 Å². The number of hydrogen-bond donors (Lipinski definition) is 1. The van der Waals surface area contributed by atoms with Gasteiger partial charge in [0.1, 0.15) is 17.2 Å². The molecule has 0 spiro atoms. The molecule has 1 atom stereocenters. The second kappa shape index (κ2) is 9.65. The Balaban J connectivity index is 2.11. The molecule has 1 saturated heterocycles. The third-order valence-electron chi connectivity index (χ3n) is 5.50. The Morgan fingerprint density at radius 1 is 1.03 bits per heavy atom. The van der Waals surface area contributed by atoms with E-state index >= 15 is 0 Å². The van der Waals surface area contributed by atoms with Crippen molar-refractivity contribution in [2.24, 2.45) is 5.92 Å². The number of piperidine rings is 1. The summed E-state index contributed by atoms with van der Waals surface area (Å²) in [7, 11) is 3.31. The van der Waals surface area contributed by atoms with Crippen molar-refractivity contribution < 1.29 is 24.1 Å². The topological polar surface area (TPSA) is 68.2 Å². The van der Waals surface area contributed by atoms with E-state index in [0.717, 1.165) is 28.4 Å². The third-order valence-corrected chi connectivity index (χ3v) is 5.50. The van der Waals surface area contributed by atoms with E-state index in [2.05, 4.69) is 11.0 Å². The minimum Gasteiger partial charge on any atom is -0.496 e. The van der Waals surface area contributed by atoms with Gasteiger partial charge in [-0.1, -0.05) is 24.3 Å². The summed E-state index contributed by atoms with van der Waals surface area (Å²) in [5.74, 6) is 1.27. The maximum atomic E-state index is 11.4. The molecule has 0 amide bonds. The second-order valence-electron chi connectivity index (χ2n) is 7.10. The zero-order valence-corrected chi connectivity index (χ0v) is 17.3. The number of nitrogens with zero attached hydrogens (tertiary/aromatic N) is 1. The average Bonchev–Trinajstić information content (AvgIpc) is 2.75. The first-order chi connectivity index (χ1) is 14.1. The predicted octanol–water partition coefficient (Wildman–Crippen LogP) is 3.99. The standard InChI is InChI=1S/C23H29NO5/c1-4-29-18-9-6-5-8-17(18)22(24-14-12-16(13-15-24)23(25)26)21-19(27-2)10-7-11-20(21)28-3/h5-11,16,22H,4,12-15H2,1-3H3,(H,25,26). The first-order valence-electron chi connectivity index (χ1n) is 10.00. The molecule has 1 aliphatic rings. The summed E-state index contributed by atoms with van der Waals surface area (Å²) in [5, 5.41) is 9.40. The lowest BCUT2D eigenvalue weighted by Crippen LogP contribution is -2.39. The largest absolute Gasteiger partial charge is 0.496 e. The Bertz CT molecular complexity index is 808. The molecule has 0 radical (unpaired) electrons. The van der Waals surface area contributed by atoms with Crippen LogP contribution in [0.5, 0.6) is 17.2 Å². The zero-order chi connectivity index (χ0) is 20.8. The van der Waals surface area contributed by atoms with E-state index in [1.807, 2.05) is 43.3 Å². The van der Waals surface area contributed by atoms with Gasteiger partial charge < -0.3 is 19.3 Å². The van der Waals surface area contributed by atoms with Gasteiger partial charge in [0, 0.05) is 5.56 Å². The van der Waals surface area contributed by atoms with E-state index < -0.39 is 5.97 Å². The van der Waals surface area contributed by atoms with E-state index in [-0.39, 0.29) is 12.0 Å². The molecule has 1 aliphatic heterocycles. The second-order valence-corrected chi connectivity index (χ2v) is 7.10. The number of hydrogen-bond acceptors (Lipinski definition) is 5. The number of carboxylic acids is 1. The summed E-state index contributed by atoms with van der Waals surface area (Å²) in [6.45, 7) is 3.87. The third kappa shape index (κ3) is 4.48. The van der Waals surface area contributed by atoms with Crippen LogP contribution in [0.15, 0.2) is 42.5 Å². The Hall–Kier alpha value is -2.73. The number of para-hydroxylation sites is 1. The molecule has 0 saturated carbocycles. The van der Waals surface area contributed by atoms with Crippen LogP contribution in [0.25, 0.3) is 0 Å². The van der Waals surface area contributed by atoms with Crippen molar-refractivity contribution in [2.75, 3.05) is 33.9 Å². The molecule has 6 heteroatoms. The Morgan fingerprint density at radius 3 is 2.17 bits per heavy atom. The molecule has 0 aliphatic carbocycles. The first kappa shape index (κ1) is 21.0. The van der Waals surface area contributed by atoms with Gasteiger partial charge in [-0.2, -0.15) is 0 Å². The van der Waals surface area contributed by atoms with Crippen LogP contribution < -0.4 is 14.2 Å². The van der Waals surface area contributed by atoms with E-state index in [1.165, 1.54) is 0 Å². The van der Waals surface area contributed by atoms with Crippen molar-refractivity contribution in [1.29, 1.82) is 0 Å². The number of carbonyl (C=O) groups is 1. The van der Waals surface area contributed by atoms with Crippen LogP contribution in [-0.2, 0) is 4.79 Å². The number of likely N-dealkylation sites (tertiary alicyclic amines) is 1. The summed E-state index contributed by atoms with van der Waals surface area (Å²) < 4.78 is 17.3. The summed E-state index contributed by atoms with van der Waals surface area (Å²) in [4.78, 5) is 13.7. The predicted molar refractivity (Wildman–Crippen MR) is 111 cm³/mol. The first-order valence-corrected chi connectivity index (χ1v) is 10.00. The van der Waals surface area contributed by atoms with Crippen LogP contribution in [-0.4, -0.2) is 49.9 Å². The van der Waals surface area contributed by atoms with Crippen molar-refractivity contribution in [2.45, 2.75) is 25.8 Å². The molecule has 0 aromatic heterocycles. The van der Waals surface area contributed by atoms with E-state index in [9.17, 15) is 9.90 Å². The van der Waals surface area contributed by atoms with Gasteiger partial charge in [0.15, 0.2) is 0 Å². The lowest BCUT2D eigenvalue weighted by atomic mass is 9.90. The SMILES string of the molecule is CCOc1ccccc1C(c1c(OC)cccc1OC)N1CCC(C(=O)O)CC1. The van der Waals surface area contributed by atoms with Gasteiger partial charge in [0.05, 0.1) is 38.3 Å². The average molecular weight is 399 g/mol. The Kier molecular flexibility index (Phi) is 6.99. The summed E-state index contributed by atoms with van der Waals surface area (Å²) in [6, 6.07) is 13.6. The number of benzene rings is 2. The zero-order valence-electron chi connectivity index (χ0n) is 17.3. The van der Waals surface area contributed by atoms with Crippen molar-refractivity contribution >= 4 is 5.97 Å². The van der Waals surface area contributed by atoms with Crippen LogP contribution in [0.4, 0.5) is 0 Å². The normalized spacial score (nSPS) is 16.2. The van der Waals surface area contributed by atoms with Crippen LogP contribution in [0.1, 0.15) is 36.9 Å². The van der Waals surface area contributed by atoms with E-state index in [4.69, 9.17) is 14.2 Å². The molecule has 156 valence electrons. The molecule has 3 rings (SSSR count). The van der Waals surface area contributed by atoms with Crippen molar-refractivity contribution in [1.82, 2.24) is 4.90 Å². The maximum absolute atomic E-state index is 11.4. The molecule has 1 fully saturated rings. The minimum atomic E-state index is -0.717. The molecule has 1 heterocycles. The van der Waals surface area contributed by atoms with E-state index in [0.29, 0.717) is 32.5 Å². The van der Waals surface area contributed by atoms with Crippen molar-refractivity contribution in [3.63, 3.8) is 0 Å². The molecule has 1 N–H and O–H groups in total. The van der Waals surface area contributed by atoms with Crippen LogP contribution in [0.3, 0.4) is 0 Å². The summed E-state index contributed by atoms with van der Waals surface area (Å²) in [5.41, 5.74) is 1.95. The number of ether oxygens (including phenoxy) is 3. The van der Waals surface area contributed by atoms with Gasteiger partial charge in [-0.05, 0) is 51.1 Å². The number of aliphatic carboxylic acids is 1. The Morgan fingerprint density at radius 2 is 1.62 bits per heavy atom. The van der Waals surface area contributed by atoms with Gasteiger partial charge in [-0.25, -0.2) is 0 Å². The fraction of sp³-hybridized carbons (Fsp3) is 0.435. The van der Waals surface area contributed by atoms with Crippen LogP contribution in [0, 0.1) is 5.92 Å².